The van der Waals surface area contributed by atoms with Gasteiger partial charge in [0.2, 0.25) is 0 Å². The summed E-state index contributed by atoms with van der Waals surface area (Å²) in [5.41, 5.74) is 1.09. The van der Waals surface area contributed by atoms with E-state index in [0.29, 0.717) is 0 Å². The monoisotopic (exact) mass is 284 g/mol. The Balaban J connectivity index is 0.00000196. The van der Waals surface area contributed by atoms with Gasteiger partial charge in [0.15, 0.2) is 0 Å². The molecule has 0 aliphatic heterocycles. The molecule has 0 bridgehead atoms. The van der Waals surface area contributed by atoms with Gasteiger partial charge < -0.3 is 10.6 Å². The number of rotatable bonds is 5. The van der Waals surface area contributed by atoms with Crippen LogP contribution in [0.2, 0.25) is 0 Å². The molecule has 1 saturated carbocycles. The van der Waals surface area contributed by atoms with Gasteiger partial charge in [-0.2, -0.15) is 0 Å². The topological polar surface area (TPSA) is 24.1 Å². The van der Waals surface area contributed by atoms with Crippen LogP contribution < -0.4 is 10.6 Å². The molecule has 3 heteroatoms. The zero-order valence-electron chi connectivity index (χ0n) is 9.89. The Morgan fingerprint density at radius 3 is 2.07 bits per heavy atom. The second kappa shape index (κ2) is 8.72. The van der Waals surface area contributed by atoms with Crippen LogP contribution in [0.1, 0.15) is 32.6 Å². The maximum Gasteiger partial charge on any atom is 0.0172 e. The van der Waals surface area contributed by atoms with E-state index in [1.807, 2.05) is 6.92 Å². The fourth-order valence-electron chi connectivity index (χ4n) is 2.16. The summed E-state index contributed by atoms with van der Waals surface area (Å²) in [7, 11) is 3.68. The first-order valence-corrected chi connectivity index (χ1v) is 5.61. The largest absolute Gasteiger partial charge is 0.472 e. The van der Waals surface area contributed by atoms with Gasteiger partial charge in [-0.25, -0.2) is 0 Å². The first kappa shape index (κ1) is 15.6. The van der Waals surface area contributed by atoms with Gasteiger partial charge in [-0.3, -0.25) is 7.05 Å². The average molecular weight is 284 g/mol. The molecule has 0 heterocycles. The van der Waals surface area contributed by atoms with E-state index in [1.165, 1.54) is 25.7 Å². The second-order valence-corrected chi connectivity index (χ2v) is 4.50. The van der Waals surface area contributed by atoms with E-state index >= 15 is 0 Å². The van der Waals surface area contributed by atoms with Gasteiger partial charge in [0.05, 0.1) is 0 Å². The number of nitrogens with one attached hydrogen (secondary N) is 2. The summed E-state index contributed by atoms with van der Waals surface area (Å²) in [6, 6.07) is 0. The van der Waals surface area contributed by atoms with Gasteiger partial charge >= 0.3 is 0 Å². The second-order valence-electron chi connectivity index (χ2n) is 4.50. The van der Waals surface area contributed by atoms with Crippen molar-refractivity contribution in [3.63, 3.8) is 0 Å². The van der Waals surface area contributed by atoms with Crippen LogP contribution in [0.25, 0.3) is 0 Å². The summed E-state index contributed by atoms with van der Waals surface area (Å²) < 4.78 is 0. The third kappa shape index (κ3) is 6.70. The standard InChI is InChI=1S/C12H23N2.Y/c1-10(2)14-9-12-6-4-11(5-7-12)8-13-3;/h11-14H,1,3-9H2,2H3;/q-1;. The number of allylic oxidation sites excluding steroid dienone is 1. The normalized spacial score (nSPS) is 25.5. The molecule has 0 amide bonds. The van der Waals surface area contributed by atoms with Gasteiger partial charge in [-0.1, -0.05) is 6.58 Å². The van der Waals surface area contributed by atoms with Crippen molar-refractivity contribution < 1.29 is 32.7 Å². The van der Waals surface area contributed by atoms with Gasteiger partial charge in [-0.05, 0) is 51.0 Å². The summed E-state index contributed by atoms with van der Waals surface area (Å²) in [4.78, 5) is 0. The van der Waals surface area contributed by atoms with Crippen molar-refractivity contribution in [3.8, 4) is 0 Å². The minimum absolute atomic E-state index is 0. The Morgan fingerprint density at radius 1 is 1.20 bits per heavy atom. The molecular formula is C12H23N2Y-. The van der Waals surface area contributed by atoms with Crippen LogP contribution >= 0.6 is 0 Å². The molecule has 2 nitrogen and oxygen atoms in total. The predicted molar refractivity (Wildman–Crippen MR) is 61.6 cm³/mol. The molecule has 0 aromatic carbocycles. The van der Waals surface area contributed by atoms with Crippen LogP contribution in [0.4, 0.5) is 0 Å². The van der Waals surface area contributed by atoms with E-state index < -0.39 is 0 Å². The van der Waals surface area contributed by atoms with Gasteiger partial charge in [-0.15, -0.1) is 0 Å². The van der Waals surface area contributed by atoms with Crippen molar-refractivity contribution in [2.45, 2.75) is 32.6 Å². The molecule has 0 unspecified atom stereocenters. The molecule has 1 fully saturated rings. The molecule has 1 rings (SSSR count). The van der Waals surface area contributed by atoms with Gasteiger partial charge in [0.1, 0.15) is 0 Å². The van der Waals surface area contributed by atoms with Crippen LogP contribution in [-0.4, -0.2) is 13.1 Å². The molecule has 0 atom stereocenters. The minimum Gasteiger partial charge on any atom is -0.472 e. The van der Waals surface area contributed by atoms with E-state index in [-0.39, 0.29) is 32.7 Å². The van der Waals surface area contributed by atoms with Crippen molar-refractivity contribution in [2.24, 2.45) is 11.8 Å². The van der Waals surface area contributed by atoms with Crippen molar-refractivity contribution in [2.75, 3.05) is 13.1 Å². The summed E-state index contributed by atoms with van der Waals surface area (Å²) in [6.07, 6.45) is 5.41. The van der Waals surface area contributed by atoms with E-state index in [0.717, 1.165) is 30.6 Å². The third-order valence-electron chi connectivity index (χ3n) is 3.09. The molecule has 0 aromatic rings. The van der Waals surface area contributed by atoms with Crippen LogP contribution in [0.15, 0.2) is 12.3 Å². The van der Waals surface area contributed by atoms with E-state index in [2.05, 4.69) is 24.3 Å². The predicted octanol–water partition coefficient (Wildman–Crippen LogP) is 2.29. The molecule has 0 spiro atoms. The average Bonchev–Trinajstić information content (AvgIpc) is 2.17. The quantitative estimate of drug-likeness (QED) is 0.757. The van der Waals surface area contributed by atoms with Crippen molar-refractivity contribution >= 4 is 0 Å². The summed E-state index contributed by atoms with van der Waals surface area (Å²) in [5, 5.41) is 6.36. The van der Waals surface area contributed by atoms with E-state index in [4.69, 9.17) is 0 Å². The zero-order chi connectivity index (χ0) is 10.4. The molecule has 1 aliphatic rings. The van der Waals surface area contributed by atoms with Crippen LogP contribution in [0.3, 0.4) is 0 Å². The Morgan fingerprint density at radius 2 is 1.67 bits per heavy atom. The fourth-order valence-corrected chi connectivity index (χ4v) is 2.16. The minimum atomic E-state index is 0. The fraction of sp³-hybridized carbons (Fsp3) is 0.750. The number of hydrogen-bond acceptors (Lipinski definition) is 2. The van der Waals surface area contributed by atoms with Crippen LogP contribution in [0, 0.1) is 18.9 Å². The maximum absolute atomic E-state index is 3.85. The molecule has 2 N–H and O–H groups in total. The van der Waals surface area contributed by atoms with Crippen molar-refractivity contribution in [1.82, 2.24) is 10.6 Å². The summed E-state index contributed by atoms with van der Waals surface area (Å²) in [6.45, 7) is 8.08. The van der Waals surface area contributed by atoms with E-state index in [1.54, 1.807) is 0 Å². The van der Waals surface area contributed by atoms with Crippen molar-refractivity contribution in [3.05, 3.63) is 19.3 Å². The zero-order valence-corrected chi connectivity index (χ0v) is 12.7. The Kier molecular flexibility index (Phi) is 9.07. The molecule has 15 heavy (non-hydrogen) atoms. The van der Waals surface area contributed by atoms with Gasteiger partial charge in [0.25, 0.3) is 0 Å². The van der Waals surface area contributed by atoms with Crippen molar-refractivity contribution in [1.29, 1.82) is 0 Å². The van der Waals surface area contributed by atoms with E-state index in [9.17, 15) is 0 Å². The van der Waals surface area contributed by atoms with Crippen LogP contribution in [0.5, 0.6) is 0 Å². The third-order valence-corrected chi connectivity index (χ3v) is 3.09. The Bertz CT molecular complexity index is 174. The first-order valence-electron chi connectivity index (χ1n) is 5.61. The molecular weight excluding hydrogens is 261 g/mol. The number of hydrogen-bond donors (Lipinski definition) is 2. The molecule has 0 aromatic heterocycles. The smallest absolute Gasteiger partial charge is 0.0172 e. The molecule has 85 valence electrons. The van der Waals surface area contributed by atoms with Crippen LogP contribution in [-0.2, 0) is 32.7 Å². The summed E-state index contributed by atoms with van der Waals surface area (Å²) >= 11 is 0. The molecule has 1 aliphatic carbocycles. The molecule has 1 radical (unpaired) electrons. The maximum atomic E-state index is 3.85. The summed E-state index contributed by atoms with van der Waals surface area (Å²) in [5.74, 6) is 1.71. The SMILES string of the molecule is C=C(C)NCC1CCC(CN[CH2-])CC1.[Y]. The van der Waals surface area contributed by atoms with Gasteiger partial charge in [0, 0.05) is 45.0 Å². The Hall–Kier alpha value is 0.604. The first-order chi connectivity index (χ1) is 6.72. The molecule has 0 saturated heterocycles. The Labute approximate surface area is 120 Å².